The summed E-state index contributed by atoms with van der Waals surface area (Å²) in [5, 5.41) is 18.8. The second kappa shape index (κ2) is 5.49. The third-order valence-electron chi connectivity index (χ3n) is 3.26. The van der Waals surface area contributed by atoms with Gasteiger partial charge in [-0.05, 0) is 18.1 Å². The molecule has 2 heterocycles. The van der Waals surface area contributed by atoms with E-state index in [4.69, 9.17) is 0 Å². The molecule has 108 valence electrons. The van der Waals surface area contributed by atoms with Gasteiger partial charge in [0.05, 0.1) is 22.7 Å². The molecule has 7 nitrogen and oxygen atoms in total. The fraction of sp³-hybridized carbons (Fsp3) is 0.231. The first-order valence-electron chi connectivity index (χ1n) is 6.35. The van der Waals surface area contributed by atoms with Gasteiger partial charge in [0.2, 0.25) is 5.91 Å². The Hall–Kier alpha value is -2.48. The molecular formula is C13H12N4O3S. The van der Waals surface area contributed by atoms with Gasteiger partial charge in [0.25, 0.3) is 5.69 Å². The number of nitrogens with one attached hydrogen (secondary N) is 2. The molecule has 0 aliphatic carbocycles. The number of nitro groups is 1. The molecule has 1 aromatic heterocycles. The van der Waals surface area contributed by atoms with E-state index in [2.05, 4.69) is 15.6 Å². The number of aromatic nitrogens is 1. The molecule has 0 saturated heterocycles. The van der Waals surface area contributed by atoms with Gasteiger partial charge in [0, 0.05) is 23.6 Å². The van der Waals surface area contributed by atoms with Gasteiger partial charge in [-0.25, -0.2) is 4.98 Å². The van der Waals surface area contributed by atoms with Crippen LogP contribution in [0.3, 0.4) is 0 Å². The van der Waals surface area contributed by atoms with Crippen molar-refractivity contribution in [3.63, 3.8) is 0 Å². The molecule has 8 heteroatoms. The van der Waals surface area contributed by atoms with Gasteiger partial charge in [-0.1, -0.05) is 0 Å². The summed E-state index contributed by atoms with van der Waals surface area (Å²) in [5.74, 6) is -0.0678. The largest absolute Gasteiger partial charge is 0.374 e. The van der Waals surface area contributed by atoms with Crippen molar-refractivity contribution in [2.75, 3.05) is 10.6 Å². The first-order valence-corrected chi connectivity index (χ1v) is 7.30. The number of hydrogen-bond acceptors (Lipinski definition) is 6. The Kier molecular flexibility index (Phi) is 3.53. The van der Waals surface area contributed by atoms with Crippen molar-refractivity contribution in [3.8, 4) is 0 Å². The number of carbonyl (C=O) groups excluding carboxylic acids is 1. The number of hydrogen-bond donors (Lipinski definition) is 2. The predicted octanol–water partition coefficient (Wildman–Crippen LogP) is 2.55. The fourth-order valence-electron chi connectivity index (χ4n) is 2.22. The minimum atomic E-state index is -0.417. The highest BCUT2D eigenvalue weighted by Crippen LogP contribution is 2.34. The molecule has 0 spiro atoms. The zero-order valence-electron chi connectivity index (χ0n) is 11.0. The Morgan fingerprint density at radius 2 is 2.29 bits per heavy atom. The smallest absolute Gasteiger partial charge is 0.292 e. The van der Waals surface area contributed by atoms with Crippen LogP contribution in [-0.4, -0.2) is 15.8 Å². The third-order valence-corrected chi connectivity index (χ3v) is 3.89. The lowest BCUT2D eigenvalue weighted by molar-refractivity contribution is -0.384. The van der Waals surface area contributed by atoms with Crippen molar-refractivity contribution in [2.24, 2.45) is 0 Å². The average molecular weight is 304 g/mol. The van der Waals surface area contributed by atoms with Crippen LogP contribution in [0.25, 0.3) is 0 Å². The van der Waals surface area contributed by atoms with Crippen LogP contribution in [0.2, 0.25) is 0 Å². The molecule has 2 N–H and O–H groups in total. The fourth-order valence-corrected chi connectivity index (χ4v) is 2.78. The van der Waals surface area contributed by atoms with Crippen LogP contribution in [0.15, 0.2) is 23.0 Å². The maximum atomic E-state index is 11.4. The maximum Gasteiger partial charge on any atom is 0.292 e. The predicted molar refractivity (Wildman–Crippen MR) is 79.5 cm³/mol. The quantitative estimate of drug-likeness (QED) is 0.668. The Morgan fingerprint density at radius 1 is 1.43 bits per heavy atom. The molecule has 1 aliphatic heterocycles. The summed E-state index contributed by atoms with van der Waals surface area (Å²) in [4.78, 5) is 26.3. The van der Waals surface area contributed by atoms with Crippen LogP contribution < -0.4 is 10.6 Å². The van der Waals surface area contributed by atoms with Crippen LogP contribution in [0.5, 0.6) is 0 Å². The highest BCUT2D eigenvalue weighted by atomic mass is 32.1. The van der Waals surface area contributed by atoms with E-state index in [-0.39, 0.29) is 11.6 Å². The van der Waals surface area contributed by atoms with Crippen molar-refractivity contribution >= 4 is 34.3 Å². The van der Waals surface area contributed by atoms with E-state index < -0.39 is 4.92 Å². The molecule has 1 amide bonds. The van der Waals surface area contributed by atoms with Crippen molar-refractivity contribution < 1.29 is 9.72 Å². The highest BCUT2D eigenvalue weighted by molar-refractivity contribution is 7.07. The van der Waals surface area contributed by atoms with E-state index in [0.717, 1.165) is 11.3 Å². The van der Waals surface area contributed by atoms with E-state index >= 15 is 0 Å². The van der Waals surface area contributed by atoms with Crippen molar-refractivity contribution in [1.82, 2.24) is 4.98 Å². The summed E-state index contributed by atoms with van der Waals surface area (Å²) in [6.45, 7) is 0.400. The van der Waals surface area contributed by atoms with Crippen molar-refractivity contribution in [2.45, 2.75) is 19.4 Å². The minimum Gasteiger partial charge on any atom is -0.374 e. The Morgan fingerprint density at radius 3 is 3.00 bits per heavy atom. The number of carbonyl (C=O) groups is 1. The first kappa shape index (κ1) is 13.5. The number of anilines is 2. The van der Waals surface area contributed by atoms with Crippen LogP contribution in [0.4, 0.5) is 17.1 Å². The average Bonchev–Trinajstić information content (AvgIpc) is 2.97. The molecule has 0 atom stereocenters. The number of benzene rings is 1. The SMILES string of the molecule is O=C1CCc2cc([N+](=O)[O-])c(NCc3cscn3)cc2N1. The molecule has 1 aromatic carbocycles. The zero-order chi connectivity index (χ0) is 14.8. The highest BCUT2D eigenvalue weighted by Gasteiger charge is 2.22. The number of nitro benzene ring substituents is 1. The Balaban J connectivity index is 1.91. The van der Waals surface area contributed by atoms with Gasteiger partial charge in [-0.15, -0.1) is 11.3 Å². The molecule has 0 unspecified atom stereocenters. The normalized spacial score (nSPS) is 13.4. The van der Waals surface area contributed by atoms with Crippen LogP contribution in [-0.2, 0) is 17.8 Å². The van der Waals surface area contributed by atoms with Crippen LogP contribution in [0.1, 0.15) is 17.7 Å². The summed E-state index contributed by atoms with van der Waals surface area (Å²) in [6, 6.07) is 3.15. The number of thiazole rings is 1. The molecule has 0 saturated carbocycles. The molecular weight excluding hydrogens is 292 g/mol. The van der Waals surface area contributed by atoms with Crippen LogP contribution >= 0.6 is 11.3 Å². The molecule has 0 radical (unpaired) electrons. The van der Waals surface area contributed by atoms with E-state index in [1.165, 1.54) is 17.4 Å². The Labute approximate surface area is 124 Å². The first-order chi connectivity index (χ1) is 10.1. The minimum absolute atomic E-state index is 0.0140. The van der Waals surface area contributed by atoms with Gasteiger partial charge >= 0.3 is 0 Å². The summed E-state index contributed by atoms with van der Waals surface area (Å²) in [6.07, 6.45) is 0.879. The molecule has 2 aromatic rings. The number of fused-ring (bicyclic) bond motifs is 1. The molecule has 0 bridgehead atoms. The number of aryl methyl sites for hydroxylation is 1. The van der Waals surface area contributed by atoms with E-state index in [1.807, 2.05) is 5.38 Å². The Bertz CT molecular complexity index is 700. The van der Waals surface area contributed by atoms with Gasteiger partial charge in [-0.3, -0.25) is 14.9 Å². The molecule has 0 fully saturated rings. The van der Waals surface area contributed by atoms with Gasteiger partial charge in [0.15, 0.2) is 0 Å². The molecule has 3 rings (SSSR count). The topological polar surface area (TPSA) is 97.2 Å². The molecule has 21 heavy (non-hydrogen) atoms. The maximum absolute atomic E-state index is 11.4. The third kappa shape index (κ3) is 2.84. The summed E-state index contributed by atoms with van der Waals surface area (Å²) in [7, 11) is 0. The van der Waals surface area contributed by atoms with Gasteiger partial charge in [0.1, 0.15) is 5.69 Å². The summed E-state index contributed by atoms with van der Waals surface area (Å²) < 4.78 is 0. The second-order valence-electron chi connectivity index (χ2n) is 4.67. The zero-order valence-corrected chi connectivity index (χ0v) is 11.8. The van der Waals surface area contributed by atoms with E-state index in [0.29, 0.717) is 30.8 Å². The van der Waals surface area contributed by atoms with Crippen molar-refractivity contribution in [1.29, 1.82) is 0 Å². The summed E-state index contributed by atoms with van der Waals surface area (Å²) in [5.41, 5.74) is 4.35. The summed E-state index contributed by atoms with van der Waals surface area (Å²) >= 11 is 1.47. The van der Waals surface area contributed by atoms with Crippen molar-refractivity contribution in [3.05, 3.63) is 44.4 Å². The standard InChI is InChI=1S/C13H12N4O3S/c18-13-2-1-8-3-12(17(19)20)11(4-10(8)16-13)14-5-9-6-21-7-15-9/h3-4,6-7,14H,1-2,5H2,(H,16,18). The van der Waals surface area contributed by atoms with Crippen LogP contribution in [0, 0.1) is 10.1 Å². The number of amides is 1. The monoisotopic (exact) mass is 304 g/mol. The lowest BCUT2D eigenvalue weighted by Gasteiger charge is -2.18. The van der Waals surface area contributed by atoms with E-state index in [9.17, 15) is 14.9 Å². The lowest BCUT2D eigenvalue weighted by Crippen LogP contribution is -2.19. The van der Waals surface area contributed by atoms with Gasteiger partial charge in [-0.2, -0.15) is 0 Å². The second-order valence-corrected chi connectivity index (χ2v) is 5.38. The molecule has 1 aliphatic rings. The van der Waals surface area contributed by atoms with Gasteiger partial charge < -0.3 is 10.6 Å². The lowest BCUT2D eigenvalue weighted by atomic mass is 10.0. The van der Waals surface area contributed by atoms with E-state index in [1.54, 1.807) is 11.6 Å². The number of rotatable bonds is 4. The number of nitrogens with zero attached hydrogens (tertiary/aromatic N) is 2.